The third-order valence-corrected chi connectivity index (χ3v) is 14.3. The van der Waals surface area contributed by atoms with Crippen LogP contribution in [0.1, 0.15) is 160 Å². The number of rotatable bonds is 5. The van der Waals surface area contributed by atoms with Gasteiger partial charge in [0.15, 0.2) is 5.75 Å². The number of carbonyl (C=O) groups is 3. The number of aliphatic hydroxyl groups is 2. The van der Waals surface area contributed by atoms with E-state index in [1.54, 1.807) is 46.8 Å². The van der Waals surface area contributed by atoms with Crippen molar-refractivity contribution in [1.29, 1.82) is 0 Å². The number of anilines is 1. The summed E-state index contributed by atoms with van der Waals surface area (Å²) in [5.41, 5.74) is 2.98. The molecule has 0 aromatic heterocycles. The molecule has 1 aliphatic carbocycles. The fourth-order valence-electron chi connectivity index (χ4n) is 9.90. The third kappa shape index (κ3) is 12.6. The molecule has 15 nitrogen and oxygen atoms in total. The number of Topliss-reactive ketones (excluding diaryl/α,β-unsaturated/α-hetero) is 1. The highest BCUT2D eigenvalue weighted by molar-refractivity contribution is 6.23. The molecule has 5 bridgehead atoms. The van der Waals surface area contributed by atoms with Crippen LogP contribution in [0.3, 0.4) is 0 Å². The van der Waals surface area contributed by atoms with Crippen molar-refractivity contribution in [2.75, 3.05) is 12.4 Å². The summed E-state index contributed by atoms with van der Waals surface area (Å²) in [6.45, 7) is 12.6. The van der Waals surface area contributed by atoms with Crippen LogP contribution >= 0.6 is 0 Å². The predicted molar refractivity (Wildman–Crippen MR) is 263 cm³/mol. The molecule has 376 valence electrons. The van der Waals surface area contributed by atoms with Gasteiger partial charge in [0, 0.05) is 67.2 Å². The van der Waals surface area contributed by atoms with Crippen LogP contribution in [0.4, 0.5) is 5.69 Å². The lowest BCUT2D eigenvalue weighted by molar-refractivity contribution is -0.160. The predicted octanol–water partition coefficient (Wildman–Crippen LogP) is 9.52. The van der Waals surface area contributed by atoms with Crippen LogP contribution in [0.25, 0.3) is 10.8 Å². The molecule has 1 amide bonds. The second kappa shape index (κ2) is 24.4. The maximum absolute atomic E-state index is 14.6. The maximum Gasteiger partial charge on any atom is 0.312 e. The number of aromatic hydroxyl groups is 3. The number of ketones is 1. The fourth-order valence-corrected chi connectivity index (χ4v) is 9.90. The van der Waals surface area contributed by atoms with Gasteiger partial charge in [-0.3, -0.25) is 14.4 Å². The van der Waals surface area contributed by atoms with Gasteiger partial charge in [0.1, 0.15) is 23.4 Å². The van der Waals surface area contributed by atoms with Crippen LogP contribution < -0.4 is 15.5 Å². The van der Waals surface area contributed by atoms with E-state index >= 15 is 0 Å². The zero-order valence-electron chi connectivity index (χ0n) is 41.6. The molecule has 15 heteroatoms. The normalized spacial score (nSPS) is 29.2. The number of esters is 1. The van der Waals surface area contributed by atoms with Crippen LogP contribution in [0.15, 0.2) is 41.2 Å². The topological polar surface area (TPSA) is 226 Å². The Morgan fingerprint density at radius 2 is 1.41 bits per heavy atom. The van der Waals surface area contributed by atoms with Gasteiger partial charge in [0.2, 0.25) is 0 Å². The number of fused-ring (bicyclic) bond motifs is 14. The molecule has 4 aliphatic rings. The van der Waals surface area contributed by atoms with E-state index in [-0.39, 0.29) is 50.5 Å². The second-order valence-corrected chi connectivity index (χ2v) is 19.5. The molecule has 1 saturated carbocycles. The molecule has 2 aromatic rings. The van der Waals surface area contributed by atoms with Gasteiger partial charge in [-0.2, -0.15) is 5.10 Å². The number of phenols is 3. The monoisotopic (exact) mass is 948 g/mol. The molecule has 6 rings (SSSR count). The van der Waals surface area contributed by atoms with Crippen LogP contribution in [0.2, 0.25) is 0 Å². The lowest BCUT2D eigenvalue weighted by atomic mass is 9.78. The first kappa shape index (κ1) is 53.8. The molecule has 0 saturated heterocycles. The number of hydrogen-bond acceptors (Lipinski definition) is 14. The quantitative estimate of drug-likeness (QED) is 0.0488. The summed E-state index contributed by atoms with van der Waals surface area (Å²) in [4.78, 5) is 41.0. The van der Waals surface area contributed by atoms with Gasteiger partial charge in [-0.25, -0.2) is 0 Å². The second-order valence-electron chi connectivity index (χ2n) is 19.5. The fraction of sp³-hybridized carbons (Fsp3) is 0.623. The number of methoxy groups -OCH3 is 1. The zero-order chi connectivity index (χ0) is 49.9. The summed E-state index contributed by atoms with van der Waals surface area (Å²) < 4.78 is 23.8. The summed E-state index contributed by atoms with van der Waals surface area (Å²) in [6, 6.07) is 0.0252. The van der Waals surface area contributed by atoms with Gasteiger partial charge in [-0.1, -0.05) is 123 Å². The SMILES string of the molecule is CO[C@@H]1C=CO[C@@]2(C)Oc3c(C)c(O)c4c(O)c(c(C=NNC5CCCCCCCCCCCCCC5)c(O)c4c3C2=O)NC(=O)C(C)=CC=C[C@H](C)[C@H](O)[C@H](C)[C@H](O)[C@H](C)[C@H](OC(C)=O)[C@@H]1C. The van der Waals surface area contributed by atoms with Crippen LogP contribution in [0, 0.1) is 30.6 Å². The largest absolute Gasteiger partial charge is 0.507 e. The third-order valence-electron chi connectivity index (χ3n) is 14.3. The number of nitrogens with zero attached hydrogens (tertiary/aromatic N) is 1. The van der Waals surface area contributed by atoms with Gasteiger partial charge >= 0.3 is 11.8 Å². The minimum Gasteiger partial charge on any atom is -0.507 e. The number of amides is 1. The van der Waals surface area contributed by atoms with Crippen molar-refractivity contribution in [3.8, 4) is 23.0 Å². The highest BCUT2D eigenvalue weighted by Crippen LogP contribution is 2.55. The van der Waals surface area contributed by atoms with Gasteiger partial charge in [-0.15, -0.1) is 0 Å². The standard InChI is InChI=1S/C53H77N3O12/c1-30-23-22-24-31(2)52(64)55-43-38(29-54-56-37-25-20-18-16-14-12-10-11-13-15-17-19-21-26-37)47(61)40-41(48(43)62)46(60)35(6)50-42(40)51(63)53(8,68-50)66-28-27-39(65-9)32(3)49(67-36(7)57)34(5)45(59)33(4)44(30)58/h22-24,27-30,32-34,37,39,44-45,49,56,58-62H,10-21,25-26H2,1-9H3,(H,55,64)/t30-,32+,33-,34-,39+,44-,45-,49+,53-/m0/s1. The average molecular weight is 948 g/mol. The lowest BCUT2D eigenvalue weighted by Gasteiger charge is -2.38. The average Bonchev–Trinajstić information content (AvgIpc) is 3.56. The number of phenolic OH excluding ortho intramolecular Hbond substituents is 3. The van der Waals surface area contributed by atoms with Crippen molar-refractivity contribution in [2.45, 2.75) is 182 Å². The number of hydrazone groups is 1. The van der Waals surface area contributed by atoms with Gasteiger partial charge < -0.3 is 55.2 Å². The van der Waals surface area contributed by atoms with E-state index in [1.165, 1.54) is 104 Å². The molecule has 2 aromatic carbocycles. The summed E-state index contributed by atoms with van der Waals surface area (Å²) in [5.74, 6) is -8.30. The first-order chi connectivity index (χ1) is 32.3. The minimum absolute atomic E-state index is 0.0252. The van der Waals surface area contributed by atoms with E-state index in [0.29, 0.717) is 0 Å². The summed E-state index contributed by atoms with van der Waals surface area (Å²) in [5, 5.41) is 66.0. The molecule has 1 fully saturated rings. The zero-order valence-corrected chi connectivity index (χ0v) is 41.6. The first-order valence-electron chi connectivity index (χ1n) is 24.7. The summed E-state index contributed by atoms with van der Waals surface area (Å²) in [7, 11) is 1.45. The Hall–Kier alpha value is -5.12. The number of benzene rings is 2. The molecule has 0 unspecified atom stereocenters. The van der Waals surface area contributed by atoms with Gasteiger partial charge in [0.05, 0.1) is 53.0 Å². The number of nitrogens with one attached hydrogen (secondary N) is 2. The van der Waals surface area contributed by atoms with E-state index in [1.807, 2.05) is 0 Å². The highest BCUT2D eigenvalue weighted by atomic mass is 16.7. The van der Waals surface area contributed by atoms with E-state index in [9.17, 15) is 39.9 Å². The number of hydrogen-bond donors (Lipinski definition) is 7. The Morgan fingerprint density at radius 1 is 0.824 bits per heavy atom. The van der Waals surface area contributed by atoms with E-state index in [2.05, 4.69) is 15.8 Å². The smallest absolute Gasteiger partial charge is 0.312 e. The Kier molecular flexibility index (Phi) is 19.3. The van der Waals surface area contributed by atoms with Crippen LogP contribution in [-0.2, 0) is 23.8 Å². The molecule has 0 radical (unpaired) electrons. The number of ether oxygens (including phenoxy) is 4. The first-order valence-corrected chi connectivity index (χ1v) is 24.7. The Labute approximate surface area is 402 Å². The molecule has 3 aliphatic heterocycles. The number of allylic oxidation sites excluding steroid dienone is 2. The van der Waals surface area contributed by atoms with Crippen LogP contribution in [-0.4, -0.2) is 92.8 Å². The van der Waals surface area contributed by atoms with Crippen molar-refractivity contribution in [3.63, 3.8) is 0 Å². The Bertz CT molecular complexity index is 2200. The minimum atomic E-state index is -2.05. The van der Waals surface area contributed by atoms with Crippen molar-refractivity contribution >= 4 is 40.3 Å². The lowest BCUT2D eigenvalue weighted by Crippen LogP contribution is -2.46. The molecule has 0 spiro atoms. The van der Waals surface area contributed by atoms with E-state index < -0.39 is 88.8 Å². The summed E-state index contributed by atoms with van der Waals surface area (Å²) >= 11 is 0. The maximum atomic E-state index is 14.6. The number of aliphatic hydroxyl groups excluding tert-OH is 2. The molecule has 7 N–H and O–H groups in total. The van der Waals surface area contributed by atoms with E-state index in [0.717, 1.165) is 38.5 Å². The van der Waals surface area contributed by atoms with E-state index in [4.69, 9.17) is 18.9 Å². The van der Waals surface area contributed by atoms with Crippen molar-refractivity contribution in [1.82, 2.24) is 5.43 Å². The summed E-state index contributed by atoms with van der Waals surface area (Å²) in [6.07, 6.45) is 21.0. The Morgan fingerprint density at radius 3 is 1.99 bits per heavy atom. The number of carbonyl (C=O) groups excluding carboxylic acids is 3. The highest BCUT2D eigenvalue weighted by Gasteiger charge is 2.50. The van der Waals surface area contributed by atoms with Crippen molar-refractivity contribution < 1.29 is 58.9 Å². The van der Waals surface area contributed by atoms with Crippen LogP contribution in [0.5, 0.6) is 23.0 Å². The Balaban J connectivity index is 1.63. The van der Waals surface area contributed by atoms with Crippen molar-refractivity contribution in [3.05, 3.63) is 52.8 Å². The molecule has 9 atom stereocenters. The molecular weight excluding hydrogens is 871 g/mol. The molecule has 3 heterocycles. The van der Waals surface area contributed by atoms with Crippen molar-refractivity contribution in [2.24, 2.45) is 28.8 Å². The molecule has 68 heavy (non-hydrogen) atoms. The molecular formula is C53H77N3O12. The van der Waals surface area contributed by atoms with Gasteiger partial charge in [-0.05, 0) is 32.8 Å². The van der Waals surface area contributed by atoms with Gasteiger partial charge in [0.25, 0.3) is 11.7 Å².